The Kier molecular flexibility index (Phi) is 3.55. The number of aryl methyl sites for hydroxylation is 1. The zero-order chi connectivity index (χ0) is 17.0. The summed E-state index contributed by atoms with van der Waals surface area (Å²) in [6.07, 6.45) is 4.81. The largest absolute Gasteiger partial charge is 0.282 e. The summed E-state index contributed by atoms with van der Waals surface area (Å²) >= 11 is 0. The summed E-state index contributed by atoms with van der Waals surface area (Å²) in [5.41, 5.74) is 5.79. The van der Waals surface area contributed by atoms with Gasteiger partial charge in [-0.25, -0.2) is 9.13 Å². The van der Waals surface area contributed by atoms with Crippen LogP contribution in [0.4, 0.5) is 0 Å². The molecule has 0 N–H and O–H groups in total. The Morgan fingerprint density at radius 2 is 1.57 bits per heavy atom. The van der Waals surface area contributed by atoms with Gasteiger partial charge in [-0.05, 0) is 34.1 Å². The van der Waals surface area contributed by atoms with Crippen molar-refractivity contribution in [2.24, 2.45) is 17.9 Å². The summed E-state index contributed by atoms with van der Waals surface area (Å²) in [6.45, 7) is 14.8. The van der Waals surface area contributed by atoms with Crippen molar-refractivity contribution in [3.8, 4) is 0 Å². The molecule has 1 aliphatic heterocycles. The number of rotatable bonds is 0. The van der Waals surface area contributed by atoms with Gasteiger partial charge in [0.05, 0.1) is 7.05 Å². The summed E-state index contributed by atoms with van der Waals surface area (Å²) < 4.78 is 4.78. The van der Waals surface area contributed by atoms with Crippen LogP contribution in [0.2, 0.25) is 0 Å². The number of hydrogen-bond acceptors (Lipinski definition) is 0. The first-order chi connectivity index (χ1) is 10.6. The Bertz CT molecular complexity index is 818. The minimum atomic E-state index is 0.134. The van der Waals surface area contributed by atoms with E-state index in [4.69, 9.17) is 0 Å². The predicted molar refractivity (Wildman–Crippen MR) is 98.1 cm³/mol. The number of hydrogen-bond donors (Lipinski definition) is 0. The second-order valence-electron chi connectivity index (χ2n) is 8.76. The van der Waals surface area contributed by atoms with Crippen LogP contribution in [-0.2, 0) is 13.6 Å². The van der Waals surface area contributed by atoms with E-state index < -0.39 is 0 Å². The fourth-order valence-corrected chi connectivity index (χ4v) is 3.22. The molecule has 122 valence electrons. The van der Waals surface area contributed by atoms with E-state index >= 15 is 0 Å². The maximum Gasteiger partial charge on any atom is 0.282 e. The molecule has 2 nitrogen and oxygen atoms in total. The molecule has 0 atom stereocenters. The molecule has 0 spiro atoms. The predicted octanol–water partition coefficient (Wildman–Crippen LogP) is 4.88. The van der Waals surface area contributed by atoms with E-state index in [2.05, 4.69) is 94.1 Å². The molecule has 0 saturated carbocycles. The van der Waals surface area contributed by atoms with Gasteiger partial charge in [-0.3, -0.25) is 0 Å². The van der Waals surface area contributed by atoms with E-state index in [0.29, 0.717) is 0 Å². The van der Waals surface area contributed by atoms with Crippen molar-refractivity contribution in [1.82, 2.24) is 4.57 Å². The lowest BCUT2D eigenvalue weighted by molar-refractivity contribution is -0.647. The van der Waals surface area contributed by atoms with Gasteiger partial charge in [0.2, 0.25) is 0 Å². The molecule has 0 saturated heterocycles. The molecule has 0 radical (unpaired) electrons. The fraction of sp³-hybridized carbons (Fsp3) is 0.476. The Labute approximate surface area is 140 Å². The monoisotopic (exact) mass is 309 g/mol. The van der Waals surface area contributed by atoms with Crippen molar-refractivity contribution < 1.29 is 4.57 Å². The normalized spacial score (nSPS) is 16.0. The number of benzene rings is 1. The quantitative estimate of drug-likeness (QED) is 0.613. The van der Waals surface area contributed by atoms with E-state index in [0.717, 1.165) is 6.54 Å². The Morgan fingerprint density at radius 3 is 2.17 bits per heavy atom. The molecule has 0 aliphatic carbocycles. The lowest BCUT2D eigenvalue weighted by atomic mass is 9.80. The first-order valence-corrected chi connectivity index (χ1v) is 8.49. The van der Waals surface area contributed by atoms with Crippen molar-refractivity contribution in [3.05, 3.63) is 47.3 Å². The van der Waals surface area contributed by atoms with Crippen molar-refractivity contribution >= 4 is 17.1 Å². The van der Waals surface area contributed by atoms with Gasteiger partial charge in [0.15, 0.2) is 11.0 Å². The highest BCUT2D eigenvalue weighted by molar-refractivity contribution is 5.74. The average molecular weight is 309 g/mol. The standard InChI is InChI=1S/C21H29N2/c1-20(2,3)15-12-16(21(4,5)6)14-23-18-11-9-8-10-17(18)22(7)19(23)13-15/h8-13H,14H2,1-7H3/q+1. The van der Waals surface area contributed by atoms with E-state index in [1.807, 2.05) is 0 Å². The number of aromatic nitrogens is 2. The maximum atomic E-state index is 2.46. The molecule has 23 heavy (non-hydrogen) atoms. The van der Waals surface area contributed by atoms with E-state index in [1.54, 1.807) is 0 Å². The molecule has 0 amide bonds. The third-order valence-electron chi connectivity index (χ3n) is 4.93. The lowest BCUT2D eigenvalue weighted by Crippen LogP contribution is -2.31. The van der Waals surface area contributed by atoms with Crippen LogP contribution in [0.3, 0.4) is 0 Å². The number of nitrogens with zero attached hydrogens (tertiary/aromatic N) is 2. The van der Waals surface area contributed by atoms with Gasteiger partial charge in [-0.15, -0.1) is 0 Å². The van der Waals surface area contributed by atoms with Crippen molar-refractivity contribution in [2.75, 3.05) is 0 Å². The van der Waals surface area contributed by atoms with Gasteiger partial charge in [0, 0.05) is 6.08 Å². The van der Waals surface area contributed by atoms with Crippen molar-refractivity contribution in [2.45, 2.75) is 48.1 Å². The number of imidazole rings is 1. The molecule has 0 unspecified atom stereocenters. The maximum absolute atomic E-state index is 2.46. The second-order valence-corrected chi connectivity index (χ2v) is 8.76. The van der Waals surface area contributed by atoms with Gasteiger partial charge in [0.25, 0.3) is 5.82 Å². The lowest BCUT2D eigenvalue weighted by Gasteiger charge is -2.25. The highest BCUT2D eigenvalue weighted by Gasteiger charge is 2.30. The molecule has 2 heterocycles. The zero-order valence-electron chi connectivity index (χ0n) is 15.6. The average Bonchev–Trinajstić information content (AvgIpc) is 2.62. The van der Waals surface area contributed by atoms with Gasteiger partial charge in [-0.1, -0.05) is 59.8 Å². The topological polar surface area (TPSA) is 8.81 Å². The molecule has 1 aromatic carbocycles. The second kappa shape index (κ2) is 5.09. The van der Waals surface area contributed by atoms with E-state index in [1.165, 1.54) is 28.0 Å². The molecule has 3 rings (SSSR count). The third-order valence-corrected chi connectivity index (χ3v) is 4.93. The summed E-state index contributed by atoms with van der Waals surface area (Å²) in [5, 5.41) is 0. The van der Waals surface area contributed by atoms with Crippen LogP contribution in [0.15, 0.2) is 41.5 Å². The van der Waals surface area contributed by atoms with E-state index in [9.17, 15) is 0 Å². The summed E-state index contributed by atoms with van der Waals surface area (Å²) in [4.78, 5) is 0. The van der Waals surface area contributed by atoms with Crippen molar-refractivity contribution in [1.29, 1.82) is 0 Å². The van der Waals surface area contributed by atoms with Crippen LogP contribution in [0.5, 0.6) is 0 Å². The molecule has 0 bridgehead atoms. The molecular weight excluding hydrogens is 280 g/mol. The summed E-state index contributed by atoms with van der Waals surface area (Å²) in [7, 11) is 2.17. The fourth-order valence-electron chi connectivity index (χ4n) is 3.22. The van der Waals surface area contributed by atoms with Gasteiger partial charge in [-0.2, -0.15) is 0 Å². The SMILES string of the molecule is C[n+]1c2n(c3ccccc31)CC(C(C)(C)C)=CC(C(C)(C)C)=C2. The smallest absolute Gasteiger partial charge is 0.226 e. The first kappa shape index (κ1) is 16.0. The van der Waals surface area contributed by atoms with Crippen LogP contribution in [0.1, 0.15) is 47.4 Å². The van der Waals surface area contributed by atoms with Crippen LogP contribution in [0.25, 0.3) is 17.1 Å². The minimum Gasteiger partial charge on any atom is -0.226 e. The molecule has 1 aromatic heterocycles. The molecule has 0 fully saturated rings. The summed E-state index contributed by atoms with van der Waals surface area (Å²) in [6, 6.07) is 8.70. The Balaban J connectivity index is 2.33. The van der Waals surface area contributed by atoms with Crippen molar-refractivity contribution in [3.63, 3.8) is 0 Å². The van der Waals surface area contributed by atoms with Crippen LogP contribution < -0.4 is 4.57 Å². The Morgan fingerprint density at radius 1 is 0.913 bits per heavy atom. The van der Waals surface area contributed by atoms with E-state index in [-0.39, 0.29) is 10.8 Å². The first-order valence-electron chi connectivity index (χ1n) is 8.49. The van der Waals surface area contributed by atoms with Crippen LogP contribution in [-0.4, -0.2) is 4.57 Å². The molecule has 2 heteroatoms. The number of fused-ring (bicyclic) bond motifs is 3. The minimum absolute atomic E-state index is 0.134. The molecule has 1 aliphatic rings. The zero-order valence-corrected chi connectivity index (χ0v) is 15.6. The third kappa shape index (κ3) is 2.75. The van der Waals surface area contributed by atoms with Gasteiger partial charge >= 0.3 is 0 Å². The summed E-state index contributed by atoms with van der Waals surface area (Å²) in [5.74, 6) is 1.28. The Hall–Kier alpha value is -1.83. The van der Waals surface area contributed by atoms with Crippen LogP contribution >= 0.6 is 0 Å². The highest BCUT2D eigenvalue weighted by atomic mass is 15.2. The van der Waals surface area contributed by atoms with Gasteiger partial charge < -0.3 is 0 Å². The highest BCUT2D eigenvalue weighted by Crippen LogP contribution is 2.37. The molecular formula is C21H29N2+. The molecule has 2 aromatic rings. The number of allylic oxidation sites excluding steroid dienone is 3. The number of para-hydroxylation sites is 2. The van der Waals surface area contributed by atoms with Crippen LogP contribution in [0, 0.1) is 10.8 Å². The van der Waals surface area contributed by atoms with Gasteiger partial charge in [0.1, 0.15) is 6.54 Å².